The Morgan fingerprint density at radius 3 is 2.33 bits per heavy atom. The molecule has 0 radical (unpaired) electrons. The van der Waals surface area contributed by atoms with Crippen molar-refractivity contribution in [3.8, 4) is 0 Å². The molecule has 0 saturated heterocycles. The molecular weight excluding hydrogens is 144 g/mol. The van der Waals surface area contributed by atoms with Crippen molar-refractivity contribution in [2.45, 2.75) is 27.2 Å². The van der Waals surface area contributed by atoms with E-state index >= 15 is 0 Å². The van der Waals surface area contributed by atoms with E-state index in [0.29, 0.717) is 0 Å². The molecule has 0 fully saturated rings. The van der Waals surface area contributed by atoms with Crippen LogP contribution < -0.4 is 0 Å². The van der Waals surface area contributed by atoms with Crippen LogP contribution in [-0.4, -0.2) is 0 Å². The van der Waals surface area contributed by atoms with Crippen LogP contribution in [0, 0.1) is 0 Å². The third-order valence-corrected chi connectivity index (χ3v) is 1.39. The molecule has 0 rings (SSSR count). The van der Waals surface area contributed by atoms with E-state index < -0.39 is 0 Å². The van der Waals surface area contributed by atoms with Crippen LogP contribution in [-0.2, 0) is 0 Å². The van der Waals surface area contributed by atoms with Crippen LogP contribution in [0.3, 0.4) is 0 Å². The molecule has 0 nitrogen and oxygen atoms in total. The highest BCUT2D eigenvalue weighted by molar-refractivity contribution is 5.26. The van der Waals surface area contributed by atoms with Gasteiger partial charge < -0.3 is 0 Å². The quantitative estimate of drug-likeness (QED) is 0.432. The molecule has 0 aliphatic heterocycles. The SMILES string of the molecule is C=CCC(/C=C\C)=C/C=C(C)C. The monoisotopic (exact) mass is 162 g/mol. The fourth-order valence-corrected chi connectivity index (χ4v) is 0.846. The minimum atomic E-state index is 0.939. The Bertz CT molecular complexity index is 210. The van der Waals surface area contributed by atoms with Gasteiger partial charge in [0.1, 0.15) is 0 Å². The van der Waals surface area contributed by atoms with E-state index in [1.54, 1.807) is 0 Å². The molecule has 0 aromatic rings. The molecule has 66 valence electrons. The van der Waals surface area contributed by atoms with Gasteiger partial charge in [-0.3, -0.25) is 0 Å². The first kappa shape index (κ1) is 11.0. The molecule has 0 heterocycles. The molecule has 0 saturated carbocycles. The van der Waals surface area contributed by atoms with Crippen LogP contribution in [0.2, 0.25) is 0 Å². The van der Waals surface area contributed by atoms with Crippen molar-refractivity contribution in [3.05, 3.63) is 48.1 Å². The van der Waals surface area contributed by atoms with Gasteiger partial charge in [-0.05, 0) is 32.8 Å². The second-order valence-corrected chi connectivity index (χ2v) is 2.98. The topological polar surface area (TPSA) is 0 Å². The minimum Gasteiger partial charge on any atom is -0.103 e. The Morgan fingerprint density at radius 2 is 1.92 bits per heavy atom. The van der Waals surface area contributed by atoms with Gasteiger partial charge in [0.25, 0.3) is 0 Å². The summed E-state index contributed by atoms with van der Waals surface area (Å²) in [6, 6.07) is 0. The molecule has 0 amide bonds. The molecule has 0 aromatic carbocycles. The van der Waals surface area contributed by atoms with Crippen molar-refractivity contribution in [1.29, 1.82) is 0 Å². The highest BCUT2D eigenvalue weighted by Gasteiger charge is 1.85. The molecule has 0 bridgehead atoms. The third-order valence-electron chi connectivity index (χ3n) is 1.39. The lowest BCUT2D eigenvalue weighted by Gasteiger charge is -1.94. The lowest BCUT2D eigenvalue weighted by Crippen LogP contribution is -1.74. The summed E-state index contributed by atoms with van der Waals surface area (Å²) < 4.78 is 0. The molecular formula is C12H18. The number of hydrogen-bond acceptors (Lipinski definition) is 0. The van der Waals surface area contributed by atoms with Crippen molar-refractivity contribution in [2.24, 2.45) is 0 Å². The van der Waals surface area contributed by atoms with Crippen molar-refractivity contribution in [2.75, 3.05) is 0 Å². The highest BCUT2D eigenvalue weighted by Crippen LogP contribution is 2.05. The molecule has 0 atom stereocenters. The maximum Gasteiger partial charge on any atom is -0.0100 e. The van der Waals surface area contributed by atoms with Crippen molar-refractivity contribution in [3.63, 3.8) is 0 Å². The maximum atomic E-state index is 3.71. The molecule has 12 heavy (non-hydrogen) atoms. The number of hydrogen-bond donors (Lipinski definition) is 0. The summed E-state index contributed by atoms with van der Waals surface area (Å²) in [6.07, 6.45) is 11.3. The van der Waals surface area contributed by atoms with Gasteiger partial charge in [-0.25, -0.2) is 0 Å². The standard InChI is InChI=1S/C12H18/c1-5-7-12(8-6-2)10-9-11(3)4/h5-6,8-10H,1,7H2,2-4H3/b8-6-,12-10-. The molecule has 0 N–H and O–H groups in total. The molecule has 0 aliphatic carbocycles. The fourth-order valence-electron chi connectivity index (χ4n) is 0.846. The van der Waals surface area contributed by atoms with E-state index in [2.05, 4.69) is 38.7 Å². The van der Waals surface area contributed by atoms with Crippen LogP contribution in [0.1, 0.15) is 27.2 Å². The van der Waals surface area contributed by atoms with E-state index in [0.717, 1.165) is 6.42 Å². The van der Waals surface area contributed by atoms with E-state index in [4.69, 9.17) is 0 Å². The molecule has 0 aromatic heterocycles. The fraction of sp³-hybridized carbons (Fsp3) is 0.333. The molecule has 0 unspecified atom stereocenters. The highest BCUT2D eigenvalue weighted by atomic mass is 13.9. The molecule has 0 spiro atoms. The average Bonchev–Trinajstić information content (AvgIpc) is 2.01. The first-order valence-corrected chi connectivity index (χ1v) is 4.28. The predicted octanol–water partition coefficient (Wildman–Crippen LogP) is 4.03. The Balaban J connectivity index is 4.37. The normalized spacial score (nSPS) is 11.8. The Morgan fingerprint density at radius 1 is 1.25 bits per heavy atom. The van der Waals surface area contributed by atoms with Crippen LogP contribution in [0.15, 0.2) is 48.1 Å². The Labute approximate surface area is 76.0 Å². The first-order chi connectivity index (χ1) is 5.70. The van der Waals surface area contributed by atoms with Gasteiger partial charge >= 0.3 is 0 Å². The molecule has 0 aliphatic rings. The van der Waals surface area contributed by atoms with Crippen LogP contribution >= 0.6 is 0 Å². The van der Waals surface area contributed by atoms with Gasteiger partial charge in [0.15, 0.2) is 0 Å². The number of rotatable bonds is 4. The average molecular weight is 162 g/mol. The Hall–Kier alpha value is -1.04. The minimum absolute atomic E-state index is 0.939. The van der Waals surface area contributed by atoms with E-state index in [1.807, 2.05) is 19.1 Å². The second-order valence-electron chi connectivity index (χ2n) is 2.98. The van der Waals surface area contributed by atoms with Gasteiger partial charge in [-0.15, -0.1) is 6.58 Å². The summed E-state index contributed by atoms with van der Waals surface area (Å²) in [4.78, 5) is 0. The zero-order valence-electron chi connectivity index (χ0n) is 8.30. The van der Waals surface area contributed by atoms with Crippen molar-refractivity contribution >= 4 is 0 Å². The summed E-state index contributed by atoms with van der Waals surface area (Å²) in [6.45, 7) is 9.93. The van der Waals surface area contributed by atoms with Gasteiger partial charge in [-0.1, -0.05) is 36.0 Å². The second kappa shape index (κ2) is 6.66. The largest absolute Gasteiger partial charge is 0.103 e. The summed E-state index contributed by atoms with van der Waals surface area (Å²) in [5.74, 6) is 0. The lowest BCUT2D eigenvalue weighted by atomic mass is 10.1. The van der Waals surface area contributed by atoms with Crippen LogP contribution in [0.25, 0.3) is 0 Å². The van der Waals surface area contributed by atoms with Gasteiger partial charge in [0, 0.05) is 0 Å². The Kier molecular flexibility index (Phi) is 6.08. The van der Waals surface area contributed by atoms with Crippen LogP contribution in [0.5, 0.6) is 0 Å². The zero-order chi connectivity index (χ0) is 9.40. The summed E-state index contributed by atoms with van der Waals surface area (Å²) in [5, 5.41) is 0. The lowest BCUT2D eigenvalue weighted by molar-refractivity contribution is 1.28. The molecule has 0 heteroatoms. The van der Waals surface area contributed by atoms with Gasteiger partial charge in [-0.2, -0.15) is 0 Å². The first-order valence-electron chi connectivity index (χ1n) is 4.28. The van der Waals surface area contributed by atoms with Gasteiger partial charge in [0.2, 0.25) is 0 Å². The van der Waals surface area contributed by atoms with Crippen molar-refractivity contribution in [1.82, 2.24) is 0 Å². The summed E-state index contributed by atoms with van der Waals surface area (Å²) in [7, 11) is 0. The smallest absolute Gasteiger partial charge is 0.0100 e. The third kappa shape index (κ3) is 5.72. The van der Waals surface area contributed by atoms with E-state index in [1.165, 1.54) is 11.1 Å². The van der Waals surface area contributed by atoms with Crippen molar-refractivity contribution < 1.29 is 0 Å². The van der Waals surface area contributed by atoms with Crippen LogP contribution in [0.4, 0.5) is 0 Å². The summed E-state index contributed by atoms with van der Waals surface area (Å²) in [5.41, 5.74) is 2.62. The van der Waals surface area contributed by atoms with E-state index in [9.17, 15) is 0 Å². The maximum absolute atomic E-state index is 3.71. The zero-order valence-corrected chi connectivity index (χ0v) is 8.30. The summed E-state index contributed by atoms with van der Waals surface area (Å²) >= 11 is 0. The predicted molar refractivity (Wildman–Crippen MR) is 57.1 cm³/mol. The number of allylic oxidation sites excluding steroid dienone is 7. The van der Waals surface area contributed by atoms with E-state index in [-0.39, 0.29) is 0 Å². The van der Waals surface area contributed by atoms with Gasteiger partial charge in [0.05, 0.1) is 0 Å².